The molecule has 0 unspecified atom stereocenters. The molecule has 0 bridgehead atoms. The molecule has 1 aromatic rings. The minimum atomic E-state index is 0.0763. The molecule has 3 fully saturated rings. The normalized spacial score (nSPS) is 32.4. The standard InChI is InChI=1S/C17H24N2O3/c20-17(18-6-1-2-7-18)13-10-16-15(5-9-22-16)19(11-13)12-14-4-3-8-21-14/h3-4,8,13,15-16H,1-2,5-7,9-12H2/t13-,15+,16+/m0/s1. The van der Waals surface area contributed by atoms with Crippen molar-refractivity contribution in [1.82, 2.24) is 9.80 Å². The lowest BCUT2D eigenvalue weighted by Gasteiger charge is -2.40. The summed E-state index contributed by atoms with van der Waals surface area (Å²) in [5, 5.41) is 0. The summed E-state index contributed by atoms with van der Waals surface area (Å²) in [6.07, 6.45) is 6.17. The topological polar surface area (TPSA) is 45.9 Å². The molecule has 3 aliphatic heterocycles. The first-order chi connectivity index (χ1) is 10.8. The fraction of sp³-hybridized carbons (Fsp3) is 0.706. The van der Waals surface area contributed by atoms with E-state index in [9.17, 15) is 4.79 Å². The first-order valence-corrected chi connectivity index (χ1v) is 8.48. The molecule has 0 N–H and O–H groups in total. The molecular weight excluding hydrogens is 280 g/mol. The molecule has 1 amide bonds. The lowest BCUT2D eigenvalue weighted by Crippen LogP contribution is -2.52. The molecule has 120 valence electrons. The van der Waals surface area contributed by atoms with Crippen molar-refractivity contribution >= 4 is 5.91 Å². The van der Waals surface area contributed by atoms with Crippen LogP contribution in [0.15, 0.2) is 22.8 Å². The van der Waals surface area contributed by atoms with Crippen molar-refractivity contribution in [2.75, 3.05) is 26.2 Å². The highest BCUT2D eigenvalue weighted by atomic mass is 16.5. The number of likely N-dealkylation sites (tertiary alicyclic amines) is 2. The second-order valence-corrected chi connectivity index (χ2v) is 6.74. The quantitative estimate of drug-likeness (QED) is 0.855. The van der Waals surface area contributed by atoms with E-state index in [0.29, 0.717) is 11.9 Å². The van der Waals surface area contributed by atoms with Crippen LogP contribution in [0.5, 0.6) is 0 Å². The van der Waals surface area contributed by atoms with E-state index < -0.39 is 0 Å². The van der Waals surface area contributed by atoms with Gasteiger partial charge in [-0.05, 0) is 37.8 Å². The Kier molecular flexibility index (Phi) is 3.92. The van der Waals surface area contributed by atoms with Crippen molar-refractivity contribution in [2.24, 2.45) is 5.92 Å². The second kappa shape index (κ2) is 6.05. The van der Waals surface area contributed by atoms with E-state index in [2.05, 4.69) is 4.90 Å². The maximum Gasteiger partial charge on any atom is 0.227 e. The van der Waals surface area contributed by atoms with Gasteiger partial charge in [-0.3, -0.25) is 9.69 Å². The third-order valence-electron chi connectivity index (χ3n) is 5.32. The van der Waals surface area contributed by atoms with Gasteiger partial charge in [0.1, 0.15) is 5.76 Å². The van der Waals surface area contributed by atoms with Gasteiger partial charge in [0.05, 0.1) is 24.8 Å². The van der Waals surface area contributed by atoms with Crippen LogP contribution in [-0.2, 0) is 16.1 Å². The fourth-order valence-electron chi connectivity index (χ4n) is 4.21. The minimum absolute atomic E-state index is 0.0763. The average molecular weight is 304 g/mol. The Balaban J connectivity index is 1.48. The first-order valence-electron chi connectivity index (χ1n) is 8.48. The molecule has 3 atom stereocenters. The van der Waals surface area contributed by atoms with E-state index in [-0.39, 0.29) is 12.0 Å². The maximum absolute atomic E-state index is 12.8. The minimum Gasteiger partial charge on any atom is -0.468 e. The van der Waals surface area contributed by atoms with Gasteiger partial charge < -0.3 is 14.1 Å². The summed E-state index contributed by atoms with van der Waals surface area (Å²) in [6, 6.07) is 4.37. The Morgan fingerprint density at radius 3 is 2.95 bits per heavy atom. The zero-order valence-corrected chi connectivity index (χ0v) is 12.9. The number of hydrogen-bond acceptors (Lipinski definition) is 4. The van der Waals surface area contributed by atoms with Crippen molar-refractivity contribution in [1.29, 1.82) is 0 Å². The number of amides is 1. The molecule has 22 heavy (non-hydrogen) atoms. The molecule has 4 rings (SSSR count). The molecule has 0 aliphatic carbocycles. The average Bonchev–Trinajstić information content (AvgIpc) is 3.27. The number of piperidine rings is 1. The number of fused-ring (bicyclic) bond motifs is 1. The number of carbonyl (C=O) groups is 1. The summed E-state index contributed by atoms with van der Waals surface area (Å²) in [7, 11) is 0. The molecule has 1 aromatic heterocycles. The van der Waals surface area contributed by atoms with Gasteiger partial charge in [-0.2, -0.15) is 0 Å². The van der Waals surface area contributed by atoms with Crippen molar-refractivity contribution < 1.29 is 13.9 Å². The molecular formula is C17H24N2O3. The zero-order valence-electron chi connectivity index (χ0n) is 12.9. The van der Waals surface area contributed by atoms with Crippen molar-refractivity contribution in [3.8, 4) is 0 Å². The Bertz CT molecular complexity index is 510. The van der Waals surface area contributed by atoms with Gasteiger partial charge in [0.25, 0.3) is 0 Å². The zero-order chi connectivity index (χ0) is 14.9. The summed E-state index contributed by atoms with van der Waals surface area (Å²) in [5.74, 6) is 1.38. The van der Waals surface area contributed by atoms with E-state index in [4.69, 9.17) is 9.15 Å². The van der Waals surface area contributed by atoms with Crippen molar-refractivity contribution in [3.05, 3.63) is 24.2 Å². The molecule has 0 spiro atoms. The van der Waals surface area contributed by atoms with Gasteiger partial charge in [0.15, 0.2) is 0 Å². The van der Waals surface area contributed by atoms with Crippen LogP contribution in [0.4, 0.5) is 0 Å². The molecule has 3 aliphatic rings. The van der Waals surface area contributed by atoms with Crippen LogP contribution in [0.1, 0.15) is 31.4 Å². The van der Waals surface area contributed by atoms with Crippen LogP contribution in [0, 0.1) is 5.92 Å². The third kappa shape index (κ3) is 2.68. The number of carbonyl (C=O) groups excluding carboxylic acids is 1. The summed E-state index contributed by atoms with van der Waals surface area (Å²) in [5.41, 5.74) is 0. The Morgan fingerprint density at radius 1 is 1.32 bits per heavy atom. The van der Waals surface area contributed by atoms with Crippen molar-refractivity contribution in [2.45, 2.75) is 44.4 Å². The van der Waals surface area contributed by atoms with Gasteiger partial charge in [0, 0.05) is 32.3 Å². The van der Waals surface area contributed by atoms with Crippen LogP contribution < -0.4 is 0 Å². The number of ether oxygens (including phenoxy) is 1. The van der Waals surface area contributed by atoms with Crippen LogP contribution in [0.3, 0.4) is 0 Å². The predicted molar refractivity (Wildman–Crippen MR) is 81.2 cm³/mol. The summed E-state index contributed by atoms with van der Waals surface area (Å²) in [6.45, 7) is 4.29. The Morgan fingerprint density at radius 2 is 2.18 bits per heavy atom. The third-order valence-corrected chi connectivity index (χ3v) is 5.32. The van der Waals surface area contributed by atoms with Gasteiger partial charge in [-0.15, -0.1) is 0 Å². The highest BCUT2D eigenvalue weighted by Gasteiger charge is 2.43. The first kappa shape index (κ1) is 14.3. The molecule has 0 radical (unpaired) electrons. The van der Waals surface area contributed by atoms with E-state index >= 15 is 0 Å². The second-order valence-electron chi connectivity index (χ2n) is 6.74. The van der Waals surface area contributed by atoms with E-state index in [1.54, 1.807) is 6.26 Å². The van der Waals surface area contributed by atoms with Gasteiger partial charge >= 0.3 is 0 Å². The van der Waals surface area contributed by atoms with E-state index in [1.165, 1.54) is 0 Å². The maximum atomic E-state index is 12.8. The number of nitrogens with zero attached hydrogens (tertiary/aromatic N) is 2. The lowest BCUT2D eigenvalue weighted by molar-refractivity contribution is -0.139. The SMILES string of the molecule is O=C([C@H]1C[C@H]2OCC[C@H]2N(Cc2ccco2)C1)N1CCCC1. The molecule has 0 aromatic carbocycles. The molecule has 4 heterocycles. The number of hydrogen-bond donors (Lipinski definition) is 0. The van der Waals surface area contributed by atoms with Crippen LogP contribution >= 0.6 is 0 Å². The molecule has 5 nitrogen and oxygen atoms in total. The summed E-state index contributed by atoms with van der Waals surface area (Å²) >= 11 is 0. The summed E-state index contributed by atoms with van der Waals surface area (Å²) in [4.78, 5) is 17.2. The lowest BCUT2D eigenvalue weighted by atomic mass is 9.89. The molecule has 5 heteroatoms. The van der Waals surface area contributed by atoms with Gasteiger partial charge in [-0.1, -0.05) is 0 Å². The number of rotatable bonds is 3. The van der Waals surface area contributed by atoms with Crippen molar-refractivity contribution in [3.63, 3.8) is 0 Å². The van der Waals surface area contributed by atoms with Gasteiger partial charge in [-0.25, -0.2) is 0 Å². The van der Waals surface area contributed by atoms with Crippen LogP contribution in [-0.4, -0.2) is 54.1 Å². The van der Waals surface area contributed by atoms with E-state index in [0.717, 1.165) is 64.2 Å². The van der Waals surface area contributed by atoms with Crippen LogP contribution in [0.2, 0.25) is 0 Å². The fourth-order valence-corrected chi connectivity index (χ4v) is 4.21. The highest BCUT2D eigenvalue weighted by molar-refractivity contribution is 5.79. The largest absolute Gasteiger partial charge is 0.468 e. The Labute approximate surface area is 131 Å². The smallest absolute Gasteiger partial charge is 0.227 e. The summed E-state index contributed by atoms with van der Waals surface area (Å²) < 4.78 is 11.4. The number of furan rings is 1. The van der Waals surface area contributed by atoms with E-state index in [1.807, 2.05) is 17.0 Å². The highest BCUT2D eigenvalue weighted by Crippen LogP contribution is 2.33. The monoisotopic (exact) mass is 304 g/mol. The van der Waals surface area contributed by atoms with Gasteiger partial charge in [0.2, 0.25) is 5.91 Å². The Hall–Kier alpha value is -1.33. The molecule has 3 saturated heterocycles. The predicted octanol–water partition coefficient (Wildman–Crippen LogP) is 1.88. The van der Waals surface area contributed by atoms with Crippen LogP contribution in [0.25, 0.3) is 0 Å². The molecule has 0 saturated carbocycles.